The monoisotopic (exact) mass is 316 g/mol. The highest BCUT2D eigenvalue weighted by Gasteiger charge is 2.36. The summed E-state index contributed by atoms with van der Waals surface area (Å²) in [5, 5.41) is 0. The smallest absolute Gasteiger partial charge is 0.239 e. The van der Waals surface area contributed by atoms with Crippen LogP contribution in [0.25, 0.3) is 0 Å². The third-order valence-electron chi connectivity index (χ3n) is 4.89. The van der Waals surface area contributed by atoms with E-state index in [0.29, 0.717) is 12.0 Å². The lowest BCUT2D eigenvalue weighted by Gasteiger charge is -2.35. The van der Waals surface area contributed by atoms with Gasteiger partial charge in [-0.05, 0) is 38.0 Å². The Hall–Kier alpha value is -0.620. The summed E-state index contributed by atoms with van der Waals surface area (Å²) < 4.78 is 22.4. The first kappa shape index (κ1) is 16.7. The fraction of sp³-hybridized carbons (Fsp3) is 0.933. The Morgan fingerprint density at radius 3 is 2.48 bits per heavy atom. The molecule has 1 saturated carbocycles. The molecule has 2 atom stereocenters. The molecule has 2 unspecified atom stereocenters. The summed E-state index contributed by atoms with van der Waals surface area (Å²) in [6.45, 7) is 0.784. The van der Waals surface area contributed by atoms with Crippen LogP contribution >= 0.6 is 0 Å². The fourth-order valence-corrected chi connectivity index (χ4v) is 4.43. The maximum Gasteiger partial charge on any atom is 0.239 e. The van der Waals surface area contributed by atoms with Gasteiger partial charge in [0.15, 0.2) is 0 Å². The predicted molar refractivity (Wildman–Crippen MR) is 83.6 cm³/mol. The van der Waals surface area contributed by atoms with E-state index in [2.05, 4.69) is 0 Å². The quantitative estimate of drug-likeness (QED) is 0.829. The standard InChI is InChI=1S/C15H28N2O3S/c1-21(19,20)11-9-13(16)15(18)17-10-5-8-14(17)12-6-3-2-4-7-12/h12-14H,2-11,16H2,1H3. The van der Waals surface area contributed by atoms with Gasteiger partial charge < -0.3 is 10.6 Å². The minimum Gasteiger partial charge on any atom is -0.338 e. The minimum atomic E-state index is -3.06. The number of hydrogen-bond acceptors (Lipinski definition) is 4. The number of hydrogen-bond donors (Lipinski definition) is 1. The molecule has 5 nitrogen and oxygen atoms in total. The molecule has 1 heterocycles. The molecule has 122 valence electrons. The van der Waals surface area contributed by atoms with Crippen molar-refractivity contribution in [2.24, 2.45) is 11.7 Å². The van der Waals surface area contributed by atoms with Gasteiger partial charge in [0.2, 0.25) is 5.91 Å². The Morgan fingerprint density at radius 1 is 1.19 bits per heavy atom. The number of sulfone groups is 1. The van der Waals surface area contributed by atoms with Gasteiger partial charge >= 0.3 is 0 Å². The van der Waals surface area contributed by atoms with E-state index in [1.54, 1.807) is 0 Å². The second-order valence-electron chi connectivity index (χ2n) is 6.66. The molecule has 6 heteroatoms. The highest BCUT2D eigenvalue weighted by Crippen LogP contribution is 2.34. The molecule has 2 rings (SSSR count). The van der Waals surface area contributed by atoms with Gasteiger partial charge in [-0.2, -0.15) is 0 Å². The van der Waals surface area contributed by atoms with Crippen molar-refractivity contribution < 1.29 is 13.2 Å². The van der Waals surface area contributed by atoms with E-state index in [1.165, 1.54) is 38.4 Å². The molecular formula is C15H28N2O3S. The van der Waals surface area contributed by atoms with Crippen molar-refractivity contribution in [3.63, 3.8) is 0 Å². The van der Waals surface area contributed by atoms with Crippen LogP contribution in [0, 0.1) is 5.92 Å². The van der Waals surface area contributed by atoms with Crippen molar-refractivity contribution in [3.05, 3.63) is 0 Å². The molecule has 1 aliphatic carbocycles. The lowest BCUT2D eigenvalue weighted by molar-refractivity contribution is -0.134. The molecular weight excluding hydrogens is 288 g/mol. The zero-order chi connectivity index (χ0) is 15.5. The van der Waals surface area contributed by atoms with E-state index in [1.807, 2.05) is 4.90 Å². The third kappa shape index (κ3) is 4.68. The summed E-state index contributed by atoms with van der Waals surface area (Å²) >= 11 is 0. The summed E-state index contributed by atoms with van der Waals surface area (Å²) in [5.74, 6) is 0.556. The molecule has 0 aromatic carbocycles. The maximum atomic E-state index is 12.5. The van der Waals surface area contributed by atoms with Crippen LogP contribution in [0.5, 0.6) is 0 Å². The first-order valence-electron chi connectivity index (χ1n) is 8.12. The van der Waals surface area contributed by atoms with Gasteiger partial charge in [0, 0.05) is 18.8 Å². The van der Waals surface area contributed by atoms with Gasteiger partial charge in [-0.3, -0.25) is 4.79 Å². The van der Waals surface area contributed by atoms with E-state index in [4.69, 9.17) is 5.73 Å². The van der Waals surface area contributed by atoms with Gasteiger partial charge in [-0.25, -0.2) is 8.42 Å². The number of carbonyl (C=O) groups is 1. The van der Waals surface area contributed by atoms with Crippen molar-refractivity contribution >= 4 is 15.7 Å². The summed E-state index contributed by atoms with van der Waals surface area (Å²) in [7, 11) is -3.06. The Labute approximate surface area is 128 Å². The van der Waals surface area contributed by atoms with Gasteiger partial charge in [-0.15, -0.1) is 0 Å². The summed E-state index contributed by atoms with van der Waals surface area (Å²) in [6.07, 6.45) is 9.81. The van der Waals surface area contributed by atoms with E-state index in [9.17, 15) is 13.2 Å². The first-order chi connectivity index (χ1) is 9.88. The molecule has 1 saturated heterocycles. The molecule has 0 aromatic rings. The average molecular weight is 316 g/mol. The average Bonchev–Trinajstić information content (AvgIpc) is 2.93. The Bertz CT molecular complexity index is 458. The van der Waals surface area contributed by atoms with Crippen LogP contribution in [0.15, 0.2) is 0 Å². The van der Waals surface area contributed by atoms with E-state index >= 15 is 0 Å². The van der Waals surface area contributed by atoms with E-state index in [0.717, 1.165) is 19.4 Å². The van der Waals surface area contributed by atoms with E-state index in [-0.39, 0.29) is 18.1 Å². The predicted octanol–water partition coefficient (Wildman–Crippen LogP) is 1.32. The number of rotatable bonds is 5. The van der Waals surface area contributed by atoms with Gasteiger partial charge in [0.25, 0.3) is 0 Å². The van der Waals surface area contributed by atoms with Crippen LogP contribution in [0.3, 0.4) is 0 Å². The number of likely N-dealkylation sites (tertiary alicyclic amines) is 1. The molecule has 2 aliphatic rings. The highest BCUT2D eigenvalue weighted by molar-refractivity contribution is 7.90. The molecule has 0 bridgehead atoms. The molecule has 0 radical (unpaired) electrons. The zero-order valence-corrected chi connectivity index (χ0v) is 13.8. The Balaban J connectivity index is 1.93. The van der Waals surface area contributed by atoms with Crippen molar-refractivity contribution in [1.29, 1.82) is 0 Å². The molecule has 1 aliphatic heterocycles. The number of amides is 1. The van der Waals surface area contributed by atoms with Crippen LogP contribution in [0.2, 0.25) is 0 Å². The zero-order valence-electron chi connectivity index (χ0n) is 13.0. The van der Waals surface area contributed by atoms with Gasteiger partial charge in [-0.1, -0.05) is 19.3 Å². The second kappa shape index (κ2) is 7.09. The second-order valence-corrected chi connectivity index (χ2v) is 8.92. The highest BCUT2D eigenvalue weighted by atomic mass is 32.2. The SMILES string of the molecule is CS(=O)(=O)CCC(N)C(=O)N1CCCC1C1CCCCC1. The van der Waals surface area contributed by atoms with Crippen LogP contribution in [0.1, 0.15) is 51.4 Å². The largest absolute Gasteiger partial charge is 0.338 e. The minimum absolute atomic E-state index is 0.0121. The van der Waals surface area contributed by atoms with E-state index < -0.39 is 15.9 Å². The van der Waals surface area contributed by atoms with Crippen LogP contribution < -0.4 is 5.73 Å². The van der Waals surface area contributed by atoms with Crippen molar-refractivity contribution in [2.75, 3.05) is 18.6 Å². The topological polar surface area (TPSA) is 80.5 Å². The Morgan fingerprint density at radius 2 is 1.86 bits per heavy atom. The maximum absolute atomic E-state index is 12.5. The number of nitrogens with two attached hydrogens (primary N) is 1. The van der Waals surface area contributed by atoms with Crippen molar-refractivity contribution in [2.45, 2.75) is 63.5 Å². The molecule has 0 spiro atoms. The normalized spacial score (nSPS) is 26.0. The summed E-state index contributed by atoms with van der Waals surface area (Å²) in [6, 6.07) is -0.342. The number of carbonyl (C=O) groups excluding carboxylic acids is 1. The molecule has 21 heavy (non-hydrogen) atoms. The molecule has 2 fully saturated rings. The Kier molecular flexibility index (Phi) is 5.66. The third-order valence-corrected chi connectivity index (χ3v) is 5.87. The van der Waals surface area contributed by atoms with Crippen molar-refractivity contribution in [3.8, 4) is 0 Å². The fourth-order valence-electron chi connectivity index (χ4n) is 3.75. The van der Waals surface area contributed by atoms with Crippen LogP contribution in [0.4, 0.5) is 0 Å². The first-order valence-corrected chi connectivity index (χ1v) is 10.2. The lowest BCUT2D eigenvalue weighted by atomic mass is 9.83. The van der Waals surface area contributed by atoms with Gasteiger partial charge in [0.05, 0.1) is 11.8 Å². The summed E-state index contributed by atoms with van der Waals surface area (Å²) in [5.41, 5.74) is 5.94. The van der Waals surface area contributed by atoms with Crippen LogP contribution in [-0.2, 0) is 14.6 Å². The van der Waals surface area contributed by atoms with Crippen LogP contribution in [-0.4, -0.2) is 49.9 Å². The molecule has 1 amide bonds. The lowest BCUT2D eigenvalue weighted by Crippen LogP contribution is -2.49. The molecule has 0 aromatic heterocycles. The summed E-state index contributed by atoms with van der Waals surface area (Å²) in [4.78, 5) is 14.5. The number of nitrogens with zero attached hydrogens (tertiary/aromatic N) is 1. The van der Waals surface area contributed by atoms with Gasteiger partial charge in [0.1, 0.15) is 9.84 Å². The van der Waals surface area contributed by atoms with Crippen molar-refractivity contribution in [1.82, 2.24) is 4.90 Å². The molecule has 2 N–H and O–H groups in total.